The molecule has 2 aliphatic carbocycles. The molecule has 26 heavy (non-hydrogen) atoms. The lowest BCUT2D eigenvalue weighted by Crippen LogP contribution is -2.43. The van der Waals surface area contributed by atoms with Gasteiger partial charge in [-0.25, -0.2) is 4.98 Å². The summed E-state index contributed by atoms with van der Waals surface area (Å²) in [7, 11) is 0. The maximum atomic E-state index is 13.0. The van der Waals surface area contributed by atoms with Crippen LogP contribution in [-0.2, 0) is 4.79 Å². The third-order valence-electron chi connectivity index (χ3n) is 6.04. The van der Waals surface area contributed by atoms with E-state index in [0.717, 1.165) is 38.5 Å². The van der Waals surface area contributed by atoms with Gasteiger partial charge in [-0.15, -0.1) is 0 Å². The van der Waals surface area contributed by atoms with Crippen LogP contribution in [0.1, 0.15) is 69.5 Å². The summed E-state index contributed by atoms with van der Waals surface area (Å²) >= 11 is 0. The molecular weight excluding hydrogens is 326 g/mol. The topological polar surface area (TPSA) is 74.8 Å². The molecule has 2 unspecified atom stereocenters. The van der Waals surface area contributed by atoms with Gasteiger partial charge in [-0.2, -0.15) is 0 Å². The molecule has 2 atom stereocenters. The van der Waals surface area contributed by atoms with E-state index in [4.69, 9.17) is 4.98 Å². The number of aromatic amines is 1. The SMILES string of the molecule is O=C(NC1CCCCC1)C1CCCCC1c1nc2ccccc2c(=O)[nH]1. The van der Waals surface area contributed by atoms with E-state index in [2.05, 4.69) is 10.3 Å². The third kappa shape index (κ3) is 3.53. The summed E-state index contributed by atoms with van der Waals surface area (Å²) in [4.78, 5) is 33.1. The summed E-state index contributed by atoms with van der Waals surface area (Å²) in [6, 6.07) is 7.72. The second kappa shape index (κ2) is 7.60. The number of benzene rings is 1. The van der Waals surface area contributed by atoms with Crippen LogP contribution in [0.15, 0.2) is 29.1 Å². The van der Waals surface area contributed by atoms with Crippen LogP contribution in [0.5, 0.6) is 0 Å². The van der Waals surface area contributed by atoms with E-state index >= 15 is 0 Å². The average molecular weight is 353 g/mol. The fourth-order valence-corrected chi connectivity index (χ4v) is 4.61. The van der Waals surface area contributed by atoms with Crippen molar-refractivity contribution in [3.63, 3.8) is 0 Å². The molecule has 2 saturated carbocycles. The zero-order chi connectivity index (χ0) is 17.9. The average Bonchev–Trinajstić information content (AvgIpc) is 2.69. The molecule has 5 nitrogen and oxygen atoms in total. The molecular formula is C21H27N3O2. The van der Waals surface area contributed by atoms with Crippen molar-refractivity contribution in [2.24, 2.45) is 5.92 Å². The molecule has 2 fully saturated rings. The Morgan fingerprint density at radius 3 is 2.58 bits per heavy atom. The van der Waals surface area contributed by atoms with Gasteiger partial charge < -0.3 is 10.3 Å². The number of para-hydroxylation sites is 1. The van der Waals surface area contributed by atoms with Crippen LogP contribution < -0.4 is 10.9 Å². The van der Waals surface area contributed by atoms with Gasteiger partial charge >= 0.3 is 0 Å². The minimum atomic E-state index is -0.109. The van der Waals surface area contributed by atoms with Crippen molar-refractivity contribution in [1.82, 2.24) is 15.3 Å². The maximum Gasteiger partial charge on any atom is 0.258 e. The first-order valence-electron chi connectivity index (χ1n) is 10.0. The molecule has 1 amide bonds. The molecule has 0 radical (unpaired) electrons. The minimum absolute atomic E-state index is 0.00430. The first-order chi connectivity index (χ1) is 12.7. The Morgan fingerprint density at radius 1 is 1.00 bits per heavy atom. The second-order valence-electron chi connectivity index (χ2n) is 7.81. The first-order valence-corrected chi connectivity index (χ1v) is 10.0. The zero-order valence-corrected chi connectivity index (χ0v) is 15.2. The summed E-state index contributed by atoms with van der Waals surface area (Å²) in [6.45, 7) is 0. The zero-order valence-electron chi connectivity index (χ0n) is 15.2. The molecule has 1 aromatic carbocycles. The minimum Gasteiger partial charge on any atom is -0.353 e. The van der Waals surface area contributed by atoms with Gasteiger partial charge in [-0.1, -0.05) is 44.2 Å². The van der Waals surface area contributed by atoms with E-state index < -0.39 is 0 Å². The van der Waals surface area contributed by atoms with Gasteiger partial charge in [0.05, 0.1) is 10.9 Å². The van der Waals surface area contributed by atoms with Crippen molar-refractivity contribution in [1.29, 1.82) is 0 Å². The molecule has 4 rings (SSSR count). The standard InChI is InChI=1S/C21H27N3O2/c25-20(22-14-8-2-1-3-9-14)16-11-5-4-10-15(16)19-23-18-13-7-6-12-17(18)21(26)24-19/h6-7,12-16H,1-5,8-11H2,(H,22,25)(H,23,24,26). The van der Waals surface area contributed by atoms with Crippen molar-refractivity contribution in [2.75, 3.05) is 0 Å². The molecule has 0 saturated heterocycles. The van der Waals surface area contributed by atoms with Gasteiger partial charge in [0.15, 0.2) is 0 Å². The summed E-state index contributed by atoms with van der Waals surface area (Å²) in [5.74, 6) is 0.745. The maximum absolute atomic E-state index is 13.0. The fourth-order valence-electron chi connectivity index (χ4n) is 4.61. The third-order valence-corrected chi connectivity index (χ3v) is 6.04. The molecule has 0 aliphatic heterocycles. The number of amides is 1. The lowest BCUT2D eigenvalue weighted by Gasteiger charge is -2.32. The van der Waals surface area contributed by atoms with E-state index in [9.17, 15) is 9.59 Å². The number of rotatable bonds is 3. The molecule has 0 bridgehead atoms. The van der Waals surface area contributed by atoms with Crippen LogP contribution in [-0.4, -0.2) is 21.9 Å². The number of carbonyl (C=O) groups is 1. The number of carbonyl (C=O) groups excluding carboxylic acids is 1. The predicted molar refractivity (Wildman–Crippen MR) is 102 cm³/mol. The van der Waals surface area contributed by atoms with Crippen LogP contribution in [0.25, 0.3) is 10.9 Å². The summed E-state index contributed by atoms with van der Waals surface area (Å²) in [5, 5.41) is 3.89. The molecule has 5 heteroatoms. The van der Waals surface area contributed by atoms with Crippen LogP contribution in [0.3, 0.4) is 0 Å². The number of nitrogens with zero attached hydrogens (tertiary/aromatic N) is 1. The van der Waals surface area contributed by atoms with E-state index in [0.29, 0.717) is 22.8 Å². The first kappa shape index (κ1) is 17.3. The van der Waals surface area contributed by atoms with Crippen LogP contribution in [0.2, 0.25) is 0 Å². The Kier molecular flexibility index (Phi) is 5.05. The van der Waals surface area contributed by atoms with Crippen molar-refractivity contribution in [3.05, 3.63) is 40.4 Å². The van der Waals surface area contributed by atoms with Gasteiger partial charge in [-0.05, 0) is 37.8 Å². The van der Waals surface area contributed by atoms with E-state index in [1.165, 1.54) is 19.3 Å². The Morgan fingerprint density at radius 2 is 1.73 bits per heavy atom. The monoisotopic (exact) mass is 353 g/mol. The van der Waals surface area contributed by atoms with Crippen LogP contribution in [0, 0.1) is 5.92 Å². The van der Waals surface area contributed by atoms with Gasteiger partial charge in [0, 0.05) is 17.9 Å². The molecule has 2 aliphatic rings. The van der Waals surface area contributed by atoms with Crippen molar-refractivity contribution in [3.8, 4) is 0 Å². The summed E-state index contributed by atoms with van der Waals surface area (Å²) in [5.41, 5.74) is 0.603. The largest absolute Gasteiger partial charge is 0.353 e. The van der Waals surface area contributed by atoms with Crippen LogP contribution in [0.4, 0.5) is 0 Å². The van der Waals surface area contributed by atoms with E-state index in [-0.39, 0.29) is 23.3 Å². The second-order valence-corrected chi connectivity index (χ2v) is 7.81. The molecule has 2 aromatic rings. The van der Waals surface area contributed by atoms with Crippen molar-refractivity contribution in [2.45, 2.75) is 69.7 Å². The fraction of sp³-hybridized carbons (Fsp3) is 0.571. The normalized spacial score (nSPS) is 24.5. The Balaban J connectivity index is 1.59. The lowest BCUT2D eigenvalue weighted by molar-refractivity contribution is -0.127. The van der Waals surface area contributed by atoms with E-state index in [1.807, 2.05) is 18.2 Å². The number of H-pyrrole nitrogens is 1. The highest BCUT2D eigenvalue weighted by atomic mass is 16.2. The Bertz CT molecular complexity index is 839. The van der Waals surface area contributed by atoms with Crippen molar-refractivity contribution >= 4 is 16.8 Å². The number of hydrogen-bond donors (Lipinski definition) is 2. The smallest absolute Gasteiger partial charge is 0.258 e. The number of nitrogens with one attached hydrogen (secondary N) is 2. The quantitative estimate of drug-likeness (QED) is 0.884. The molecule has 0 spiro atoms. The highest BCUT2D eigenvalue weighted by Gasteiger charge is 2.34. The molecule has 138 valence electrons. The highest BCUT2D eigenvalue weighted by molar-refractivity contribution is 5.80. The van der Waals surface area contributed by atoms with Gasteiger partial charge in [0.2, 0.25) is 5.91 Å². The Labute approximate surface area is 153 Å². The summed E-state index contributed by atoms with van der Waals surface area (Å²) < 4.78 is 0. The van der Waals surface area contributed by atoms with Gasteiger partial charge in [-0.3, -0.25) is 9.59 Å². The Hall–Kier alpha value is -2.17. The van der Waals surface area contributed by atoms with Gasteiger partial charge in [0.25, 0.3) is 5.56 Å². The highest BCUT2D eigenvalue weighted by Crippen LogP contribution is 2.36. The lowest BCUT2D eigenvalue weighted by atomic mass is 9.77. The summed E-state index contributed by atoms with van der Waals surface area (Å²) in [6.07, 6.45) is 9.80. The molecule has 1 heterocycles. The van der Waals surface area contributed by atoms with Gasteiger partial charge in [0.1, 0.15) is 5.82 Å². The van der Waals surface area contributed by atoms with E-state index in [1.54, 1.807) is 6.07 Å². The molecule has 1 aromatic heterocycles. The molecule has 2 N–H and O–H groups in total. The predicted octanol–water partition coefficient (Wildman–Crippen LogP) is 3.65. The number of aromatic nitrogens is 2. The number of hydrogen-bond acceptors (Lipinski definition) is 3. The van der Waals surface area contributed by atoms with Crippen molar-refractivity contribution < 1.29 is 4.79 Å². The number of fused-ring (bicyclic) bond motifs is 1. The van der Waals surface area contributed by atoms with Crippen LogP contribution >= 0.6 is 0 Å².